The molecule has 302 valence electrons. The molecule has 58 heavy (non-hydrogen) atoms. The van der Waals surface area contributed by atoms with Crippen molar-refractivity contribution in [2.75, 3.05) is 0 Å². The Morgan fingerprint density at radius 3 is 1.29 bits per heavy atom. The van der Waals surface area contributed by atoms with E-state index in [-0.39, 0.29) is 0 Å². The number of rotatable bonds is 10. The molecule has 0 atom stereocenters. The molecule has 0 amide bonds. The summed E-state index contributed by atoms with van der Waals surface area (Å²) in [6, 6.07) is 43.1. The summed E-state index contributed by atoms with van der Waals surface area (Å²) in [5.74, 6) is 2.08. The second-order valence-corrected chi connectivity index (χ2v) is 23.2. The van der Waals surface area contributed by atoms with Gasteiger partial charge in [0.15, 0.2) is 0 Å². The van der Waals surface area contributed by atoms with Gasteiger partial charge in [-0.2, -0.15) is 12.1 Å². The third kappa shape index (κ3) is 10.4. The summed E-state index contributed by atoms with van der Waals surface area (Å²) in [4.78, 5) is 0. The molecular formula is C54H64Cl2SiZr. The van der Waals surface area contributed by atoms with Crippen LogP contribution in [0.25, 0.3) is 43.8 Å². The number of hydrogen-bond acceptors (Lipinski definition) is 0. The summed E-state index contributed by atoms with van der Waals surface area (Å²) < 4.78 is 0. The molecule has 0 nitrogen and oxygen atoms in total. The zero-order valence-corrected chi connectivity index (χ0v) is 40.6. The molecule has 4 fully saturated rings. The van der Waals surface area contributed by atoms with E-state index in [2.05, 4.69) is 137 Å². The van der Waals surface area contributed by atoms with Gasteiger partial charge in [-0.15, -0.1) is 69.1 Å². The first-order valence-corrected chi connectivity index (χ1v) is 30.5. The fourth-order valence-corrected chi connectivity index (χ4v) is 11.9. The fraction of sp³-hybridized carbons (Fsp3) is 0.444. The molecule has 4 aliphatic carbocycles. The second kappa shape index (κ2) is 20.6. The molecule has 4 aliphatic rings. The minimum atomic E-state index is -0.826. The minimum absolute atomic E-state index is 0.637. The number of benzene rings is 4. The van der Waals surface area contributed by atoms with Crippen LogP contribution >= 0.6 is 17.0 Å². The van der Waals surface area contributed by atoms with Gasteiger partial charge in [0.2, 0.25) is 0 Å². The maximum atomic E-state index is 4.93. The van der Waals surface area contributed by atoms with E-state index in [1.807, 2.05) is 0 Å². The summed E-state index contributed by atoms with van der Waals surface area (Å²) >= 11 is -0.826. The van der Waals surface area contributed by atoms with Crippen molar-refractivity contribution in [3.05, 3.63) is 131 Å². The molecule has 0 unspecified atom stereocenters. The molecule has 6 aromatic rings. The monoisotopic (exact) mass is 900 g/mol. The van der Waals surface area contributed by atoms with Gasteiger partial charge in [-0.05, 0) is 135 Å². The van der Waals surface area contributed by atoms with Crippen molar-refractivity contribution in [1.82, 2.24) is 0 Å². The Balaban J connectivity index is 0.000000150. The number of fused-ring (bicyclic) bond motifs is 6. The number of hydrogen-bond donors (Lipinski definition) is 0. The van der Waals surface area contributed by atoms with E-state index in [9.17, 15) is 0 Å². The normalized spacial score (nSPS) is 22.5. The van der Waals surface area contributed by atoms with Crippen LogP contribution < -0.4 is 0 Å². The molecule has 2 radical (unpaired) electrons. The van der Waals surface area contributed by atoms with Crippen molar-refractivity contribution < 1.29 is 20.8 Å². The molecule has 4 saturated carbocycles. The van der Waals surface area contributed by atoms with E-state index >= 15 is 0 Å². The third-order valence-electron chi connectivity index (χ3n) is 14.4. The van der Waals surface area contributed by atoms with E-state index in [0.717, 1.165) is 34.2 Å². The summed E-state index contributed by atoms with van der Waals surface area (Å²) in [6.45, 7) is 8.89. The average molecular weight is 903 g/mol. The van der Waals surface area contributed by atoms with Gasteiger partial charge in [0.1, 0.15) is 0 Å². The van der Waals surface area contributed by atoms with Gasteiger partial charge >= 0.3 is 37.9 Å². The van der Waals surface area contributed by atoms with E-state index in [0.29, 0.717) is 10.8 Å². The Kier molecular flexibility index (Phi) is 15.5. The Bertz CT molecular complexity index is 2020. The summed E-state index contributed by atoms with van der Waals surface area (Å²) in [6.07, 6.45) is 20.9. The first-order chi connectivity index (χ1) is 28.3. The average Bonchev–Trinajstić information content (AvgIpc) is 4.13. The van der Waals surface area contributed by atoms with E-state index < -0.39 is 20.8 Å². The van der Waals surface area contributed by atoms with Crippen LogP contribution in [0, 0.1) is 22.7 Å². The van der Waals surface area contributed by atoms with Gasteiger partial charge in [0, 0.05) is 9.52 Å². The van der Waals surface area contributed by atoms with Crippen molar-refractivity contribution in [3.8, 4) is 22.3 Å². The molecule has 4 heteroatoms. The Morgan fingerprint density at radius 2 is 1.00 bits per heavy atom. The molecule has 0 spiro atoms. The van der Waals surface area contributed by atoms with Crippen LogP contribution in [0.2, 0.25) is 12.6 Å². The Hall–Kier alpha value is -2.22. The molecule has 10 rings (SSSR count). The van der Waals surface area contributed by atoms with E-state index in [1.165, 1.54) is 144 Å². The zero-order chi connectivity index (χ0) is 40.5. The molecule has 6 aromatic carbocycles. The molecule has 0 aromatic heterocycles. The first-order valence-electron chi connectivity index (χ1n) is 22.5. The summed E-state index contributed by atoms with van der Waals surface area (Å²) in [5, 5.41) is 5.70. The molecule has 0 N–H and O–H groups in total. The summed E-state index contributed by atoms with van der Waals surface area (Å²) in [5.41, 5.74) is 12.7. The second-order valence-electron chi connectivity index (χ2n) is 18.3. The van der Waals surface area contributed by atoms with Crippen LogP contribution in [0.3, 0.4) is 0 Å². The van der Waals surface area contributed by atoms with Gasteiger partial charge in [0.05, 0.1) is 0 Å². The Morgan fingerprint density at radius 1 is 0.603 bits per heavy atom. The van der Waals surface area contributed by atoms with Crippen LogP contribution in [0.4, 0.5) is 0 Å². The van der Waals surface area contributed by atoms with Crippen molar-refractivity contribution in [1.29, 1.82) is 0 Å². The van der Waals surface area contributed by atoms with Crippen LogP contribution in [0.15, 0.2) is 109 Å². The van der Waals surface area contributed by atoms with Gasteiger partial charge in [-0.25, -0.2) is 0 Å². The zero-order valence-electron chi connectivity index (χ0n) is 35.6. The first kappa shape index (κ1) is 43.9. The fourth-order valence-electron chi connectivity index (χ4n) is 11.4. The maximum absolute atomic E-state index is 4.93. The quantitative estimate of drug-likeness (QED) is 0.0949. The van der Waals surface area contributed by atoms with Crippen LogP contribution in [-0.4, -0.2) is 9.52 Å². The molecule has 4 bridgehead atoms. The number of halogens is 2. The van der Waals surface area contributed by atoms with Crippen molar-refractivity contribution >= 4 is 48.1 Å². The van der Waals surface area contributed by atoms with Gasteiger partial charge < -0.3 is 0 Å². The van der Waals surface area contributed by atoms with Crippen molar-refractivity contribution in [2.24, 2.45) is 22.7 Å². The molecule has 0 heterocycles. The SMILES string of the molecule is CCC[Si]C.CCc1ccc(-c2cccc3[cH-]c(CC45CCC(CC4)C5)cc23)cc1.CCc1ccc(-c2cccc3[cH-]c(CC45CCC(CC4)C5)cc23)cc1.[Cl][Zr+2][Cl]. The van der Waals surface area contributed by atoms with E-state index in [1.54, 1.807) is 11.1 Å². The van der Waals surface area contributed by atoms with Crippen LogP contribution in [-0.2, 0) is 46.5 Å². The third-order valence-corrected chi connectivity index (χ3v) is 15.4. The summed E-state index contributed by atoms with van der Waals surface area (Å²) in [7, 11) is 11.0. The topological polar surface area (TPSA) is 0 Å². The molecular weight excluding hydrogens is 839 g/mol. The molecule has 0 aliphatic heterocycles. The van der Waals surface area contributed by atoms with E-state index in [4.69, 9.17) is 17.0 Å². The van der Waals surface area contributed by atoms with Crippen molar-refractivity contribution in [2.45, 2.75) is 130 Å². The van der Waals surface area contributed by atoms with Crippen molar-refractivity contribution in [3.63, 3.8) is 0 Å². The number of aryl methyl sites for hydroxylation is 2. The van der Waals surface area contributed by atoms with Gasteiger partial charge in [-0.1, -0.05) is 112 Å². The Labute approximate surface area is 372 Å². The predicted octanol–water partition coefficient (Wildman–Crippen LogP) is 16.8. The van der Waals surface area contributed by atoms with Gasteiger partial charge in [0.25, 0.3) is 0 Å². The van der Waals surface area contributed by atoms with Crippen LogP contribution in [0.5, 0.6) is 0 Å². The standard InChI is InChI=1S/2C25H27.C4H10Si.2ClH.Zr/c2*1-2-18-6-8-21(9-7-18)23-5-3-4-22-14-20(15-24(22)23)17-25-12-10-19(16-25)11-13-25;1-3-4-5-2;;;/h2*3-9,14-15,19H,2,10-13,16-17H2,1H3;3-4H2,1-2H3;2*1H;/q2*-1;;;;+4/p-2. The van der Waals surface area contributed by atoms with Gasteiger partial charge in [-0.3, -0.25) is 0 Å². The molecule has 0 saturated heterocycles. The predicted molar refractivity (Wildman–Crippen MR) is 253 cm³/mol. The van der Waals surface area contributed by atoms with Crippen LogP contribution in [0.1, 0.15) is 114 Å².